The van der Waals surface area contributed by atoms with Crippen LogP contribution in [0.3, 0.4) is 0 Å². The van der Waals surface area contributed by atoms with Crippen molar-refractivity contribution in [2.24, 2.45) is 5.92 Å². The maximum atomic E-state index is 12.2. The van der Waals surface area contributed by atoms with Gasteiger partial charge in [-0.3, -0.25) is 4.68 Å². The van der Waals surface area contributed by atoms with E-state index in [-0.39, 0.29) is 11.7 Å². The van der Waals surface area contributed by atoms with E-state index in [0.717, 1.165) is 11.4 Å². The number of hydrogen-bond donors (Lipinski definition) is 2. The first kappa shape index (κ1) is 18.7. The minimum absolute atomic E-state index is 0.00862. The summed E-state index contributed by atoms with van der Waals surface area (Å²) in [6.07, 6.45) is 0. The largest absolute Gasteiger partial charge is 0.435 e. The average molecular weight is 352 g/mol. The molecule has 1 unspecified atom stereocenters. The molecule has 1 aromatic heterocycles. The quantitative estimate of drug-likeness (QED) is 0.801. The summed E-state index contributed by atoms with van der Waals surface area (Å²) in [5.74, 6) is 0.169. The third-order valence-corrected chi connectivity index (χ3v) is 3.52. The molecule has 2 amide bonds. The van der Waals surface area contributed by atoms with Gasteiger partial charge in [0.1, 0.15) is 5.75 Å². The Hall–Kier alpha value is -2.64. The van der Waals surface area contributed by atoms with E-state index in [9.17, 15) is 13.6 Å². The number of hydrogen-bond acceptors (Lipinski definition) is 3. The van der Waals surface area contributed by atoms with Crippen molar-refractivity contribution in [1.82, 2.24) is 15.1 Å². The Labute approximate surface area is 145 Å². The number of benzene rings is 1. The van der Waals surface area contributed by atoms with E-state index in [4.69, 9.17) is 0 Å². The van der Waals surface area contributed by atoms with Crippen LogP contribution in [0.15, 0.2) is 30.3 Å². The molecular weight excluding hydrogens is 330 g/mol. The fourth-order valence-electron chi connectivity index (χ4n) is 2.41. The second-order valence-electron chi connectivity index (χ2n) is 5.96. The number of urea groups is 1. The number of halogens is 2. The molecule has 6 nitrogen and oxygen atoms in total. The monoisotopic (exact) mass is 352 g/mol. The van der Waals surface area contributed by atoms with Gasteiger partial charge in [-0.05, 0) is 38.0 Å². The predicted molar refractivity (Wildman–Crippen MR) is 91.0 cm³/mol. The Morgan fingerprint density at radius 1 is 1.32 bits per heavy atom. The molecule has 0 aliphatic carbocycles. The van der Waals surface area contributed by atoms with Crippen LogP contribution in [-0.2, 0) is 6.54 Å². The van der Waals surface area contributed by atoms with Crippen molar-refractivity contribution in [3.63, 3.8) is 0 Å². The number of anilines is 1. The molecule has 0 bridgehead atoms. The van der Waals surface area contributed by atoms with Gasteiger partial charge in [-0.1, -0.05) is 13.0 Å². The minimum Gasteiger partial charge on any atom is -0.435 e. The van der Waals surface area contributed by atoms with E-state index in [1.807, 2.05) is 31.5 Å². The molecule has 0 saturated carbocycles. The van der Waals surface area contributed by atoms with E-state index >= 15 is 0 Å². The van der Waals surface area contributed by atoms with Crippen LogP contribution >= 0.6 is 0 Å². The highest BCUT2D eigenvalue weighted by Gasteiger charge is 2.10. The van der Waals surface area contributed by atoms with Gasteiger partial charge in [-0.15, -0.1) is 0 Å². The topological polar surface area (TPSA) is 68.2 Å². The first-order chi connectivity index (χ1) is 11.8. The van der Waals surface area contributed by atoms with Crippen molar-refractivity contribution >= 4 is 11.7 Å². The minimum atomic E-state index is -2.90. The van der Waals surface area contributed by atoms with Crippen LogP contribution in [0.2, 0.25) is 0 Å². The van der Waals surface area contributed by atoms with Crippen LogP contribution in [0.1, 0.15) is 18.3 Å². The van der Waals surface area contributed by atoms with Gasteiger partial charge < -0.3 is 15.4 Å². The van der Waals surface area contributed by atoms with Gasteiger partial charge in [-0.2, -0.15) is 13.9 Å². The van der Waals surface area contributed by atoms with Crippen LogP contribution in [0.4, 0.5) is 19.3 Å². The number of carbonyl (C=O) groups excluding carboxylic acids is 1. The van der Waals surface area contributed by atoms with Gasteiger partial charge in [0.2, 0.25) is 0 Å². The lowest BCUT2D eigenvalue weighted by molar-refractivity contribution is -0.0497. The molecule has 0 radical (unpaired) electrons. The predicted octanol–water partition coefficient (Wildman–Crippen LogP) is 3.56. The number of nitrogens with zero attached hydrogens (tertiary/aromatic N) is 2. The van der Waals surface area contributed by atoms with Gasteiger partial charge in [0.05, 0.1) is 5.69 Å². The van der Waals surface area contributed by atoms with Crippen molar-refractivity contribution in [1.29, 1.82) is 0 Å². The van der Waals surface area contributed by atoms with Crippen molar-refractivity contribution in [2.45, 2.75) is 33.9 Å². The number of alkyl halides is 2. The molecule has 1 atom stereocenters. The van der Waals surface area contributed by atoms with Gasteiger partial charge in [0.15, 0.2) is 0 Å². The molecule has 0 saturated heterocycles. The Morgan fingerprint density at radius 3 is 2.72 bits per heavy atom. The highest BCUT2D eigenvalue weighted by Crippen LogP contribution is 2.19. The fraction of sp³-hybridized carbons (Fsp3) is 0.412. The first-order valence-corrected chi connectivity index (χ1v) is 7.94. The van der Waals surface area contributed by atoms with Crippen LogP contribution < -0.4 is 15.4 Å². The third-order valence-electron chi connectivity index (χ3n) is 3.52. The van der Waals surface area contributed by atoms with Gasteiger partial charge >= 0.3 is 12.6 Å². The second kappa shape index (κ2) is 8.46. The summed E-state index contributed by atoms with van der Waals surface area (Å²) in [5.41, 5.74) is 2.41. The van der Waals surface area contributed by atoms with Crippen LogP contribution in [-0.4, -0.2) is 29.0 Å². The summed E-state index contributed by atoms with van der Waals surface area (Å²) in [7, 11) is 0. The second-order valence-corrected chi connectivity index (χ2v) is 5.96. The third kappa shape index (κ3) is 6.06. The highest BCUT2D eigenvalue weighted by atomic mass is 19.3. The summed E-state index contributed by atoms with van der Waals surface area (Å²) >= 11 is 0. The van der Waals surface area contributed by atoms with Crippen LogP contribution in [0, 0.1) is 19.8 Å². The maximum Gasteiger partial charge on any atom is 0.387 e. The van der Waals surface area contributed by atoms with Gasteiger partial charge in [0.25, 0.3) is 0 Å². The zero-order valence-electron chi connectivity index (χ0n) is 14.4. The number of rotatable bonds is 7. The highest BCUT2D eigenvalue weighted by molar-refractivity contribution is 5.89. The number of carbonyl (C=O) groups is 1. The molecule has 2 N–H and O–H groups in total. The Balaban J connectivity index is 1.81. The van der Waals surface area contributed by atoms with Gasteiger partial charge in [-0.25, -0.2) is 4.79 Å². The lowest BCUT2D eigenvalue weighted by atomic mass is 10.2. The molecule has 25 heavy (non-hydrogen) atoms. The molecular formula is C17H22F2N4O2. The molecule has 2 rings (SSSR count). The molecule has 2 aromatic rings. The summed E-state index contributed by atoms with van der Waals surface area (Å²) in [6, 6.07) is 7.45. The molecule has 1 aromatic carbocycles. The molecule has 1 heterocycles. The normalized spacial score (nSPS) is 12.1. The molecule has 136 valence electrons. The van der Waals surface area contributed by atoms with Crippen molar-refractivity contribution in [3.8, 4) is 5.75 Å². The number of amides is 2. The zero-order valence-corrected chi connectivity index (χ0v) is 14.4. The number of aromatic nitrogens is 2. The lowest BCUT2D eigenvalue weighted by Crippen LogP contribution is -2.33. The summed E-state index contributed by atoms with van der Waals surface area (Å²) < 4.78 is 30.6. The van der Waals surface area contributed by atoms with Crippen molar-refractivity contribution in [2.75, 3.05) is 11.9 Å². The molecule has 8 heteroatoms. The summed E-state index contributed by atoms with van der Waals surface area (Å²) in [4.78, 5) is 11.9. The van der Waals surface area contributed by atoms with Crippen molar-refractivity contribution in [3.05, 3.63) is 41.7 Å². The fourth-order valence-corrected chi connectivity index (χ4v) is 2.41. The zero-order chi connectivity index (χ0) is 18.4. The smallest absolute Gasteiger partial charge is 0.387 e. The van der Waals surface area contributed by atoms with E-state index in [1.165, 1.54) is 18.2 Å². The van der Waals surface area contributed by atoms with E-state index in [1.54, 1.807) is 6.07 Å². The number of ether oxygens (including phenoxy) is 1. The van der Waals surface area contributed by atoms with Gasteiger partial charge in [0, 0.05) is 30.5 Å². The van der Waals surface area contributed by atoms with E-state index in [0.29, 0.717) is 18.8 Å². The average Bonchev–Trinajstić information content (AvgIpc) is 2.82. The maximum absolute atomic E-state index is 12.2. The standard InChI is InChI=1S/C17H22F2N4O2/c1-11(10-23-13(3)7-12(2)22-23)9-20-17(24)21-14-5-4-6-15(8-14)25-16(18)19/h4-8,11,16H,9-10H2,1-3H3,(H2,20,21,24). The Kier molecular flexibility index (Phi) is 6.32. The van der Waals surface area contributed by atoms with Crippen LogP contribution in [0.25, 0.3) is 0 Å². The van der Waals surface area contributed by atoms with Crippen LogP contribution in [0.5, 0.6) is 5.75 Å². The Bertz CT molecular complexity index is 718. The number of aryl methyl sites for hydroxylation is 2. The summed E-state index contributed by atoms with van der Waals surface area (Å²) in [6.45, 7) is 4.18. The molecule has 0 aliphatic heterocycles. The SMILES string of the molecule is Cc1cc(C)n(CC(C)CNC(=O)Nc2cccc(OC(F)F)c2)n1. The Morgan fingerprint density at radius 2 is 2.08 bits per heavy atom. The number of nitrogens with one attached hydrogen (secondary N) is 2. The molecule has 0 aliphatic rings. The summed E-state index contributed by atoms with van der Waals surface area (Å²) in [5, 5.41) is 9.74. The first-order valence-electron chi connectivity index (χ1n) is 7.94. The lowest BCUT2D eigenvalue weighted by Gasteiger charge is -2.15. The van der Waals surface area contributed by atoms with E-state index in [2.05, 4.69) is 20.5 Å². The van der Waals surface area contributed by atoms with Crippen molar-refractivity contribution < 1.29 is 18.3 Å². The molecule has 0 spiro atoms. The van der Waals surface area contributed by atoms with E-state index < -0.39 is 12.6 Å². The molecule has 0 fully saturated rings.